The van der Waals surface area contributed by atoms with Crippen LogP contribution < -0.4 is 0 Å². The lowest BCUT2D eigenvalue weighted by atomic mass is 10.5. The molecular weight excluding hydrogens is 258 g/mol. The Morgan fingerprint density at radius 2 is 2.35 bits per heavy atom. The Morgan fingerprint density at radius 1 is 1.47 bits per heavy atom. The summed E-state index contributed by atoms with van der Waals surface area (Å²) >= 11 is 0. The van der Waals surface area contributed by atoms with Gasteiger partial charge in [0, 0.05) is 18.6 Å². The van der Waals surface area contributed by atoms with Crippen LogP contribution >= 0.6 is 21.6 Å². The first-order chi connectivity index (χ1) is 8.33. The van der Waals surface area contributed by atoms with Crippen LogP contribution in [0.25, 0.3) is 0 Å². The summed E-state index contributed by atoms with van der Waals surface area (Å²) in [6, 6.07) is 5.76. The minimum atomic E-state index is -0.310. The number of hydrogen-bond donors (Lipinski definition) is 0. The number of ether oxygens (including phenoxy) is 2. The van der Waals surface area contributed by atoms with E-state index in [2.05, 4.69) is 4.98 Å². The molecule has 4 nitrogen and oxygen atoms in total. The molecule has 0 bridgehead atoms. The van der Waals surface area contributed by atoms with Crippen LogP contribution in [0.3, 0.4) is 0 Å². The standard InChI is InChI=1S/C11H15NO3S2/c1-2-14-9-11(13)15-7-8-16-17-10-5-3-4-6-12-10/h3-6H,2,7-9H2,1H3. The fraction of sp³-hybridized carbons (Fsp3) is 0.455. The van der Waals surface area contributed by atoms with E-state index in [0.29, 0.717) is 13.2 Å². The van der Waals surface area contributed by atoms with Crippen LogP contribution in [0.5, 0.6) is 0 Å². The first-order valence-corrected chi connectivity index (χ1v) is 7.58. The quantitative estimate of drug-likeness (QED) is 0.412. The highest BCUT2D eigenvalue weighted by atomic mass is 33.1. The fourth-order valence-corrected chi connectivity index (χ4v) is 2.62. The molecule has 0 fully saturated rings. The maximum atomic E-state index is 11.1. The van der Waals surface area contributed by atoms with Crippen molar-refractivity contribution in [1.82, 2.24) is 4.98 Å². The Bertz CT molecular complexity index is 322. The van der Waals surface area contributed by atoms with Crippen molar-refractivity contribution in [3.05, 3.63) is 24.4 Å². The summed E-state index contributed by atoms with van der Waals surface area (Å²) in [6.07, 6.45) is 1.75. The molecule has 0 amide bonds. The predicted molar refractivity (Wildman–Crippen MR) is 70.0 cm³/mol. The van der Waals surface area contributed by atoms with E-state index >= 15 is 0 Å². The zero-order valence-electron chi connectivity index (χ0n) is 9.63. The Morgan fingerprint density at radius 3 is 3.06 bits per heavy atom. The number of hydrogen-bond acceptors (Lipinski definition) is 6. The van der Waals surface area contributed by atoms with E-state index in [1.165, 1.54) is 0 Å². The van der Waals surface area contributed by atoms with Crippen LogP contribution in [0.15, 0.2) is 29.4 Å². The van der Waals surface area contributed by atoms with Gasteiger partial charge in [-0.05, 0) is 29.9 Å². The molecule has 0 radical (unpaired) electrons. The maximum absolute atomic E-state index is 11.1. The van der Waals surface area contributed by atoms with Gasteiger partial charge >= 0.3 is 5.97 Å². The van der Waals surface area contributed by atoms with Gasteiger partial charge in [0.15, 0.2) is 0 Å². The molecule has 0 aromatic carbocycles. The van der Waals surface area contributed by atoms with Crippen LogP contribution in [-0.4, -0.2) is 36.5 Å². The molecule has 0 aliphatic carbocycles. The molecule has 0 unspecified atom stereocenters. The molecule has 0 saturated heterocycles. The number of nitrogens with zero attached hydrogens (tertiary/aromatic N) is 1. The van der Waals surface area contributed by atoms with Crippen molar-refractivity contribution in [1.29, 1.82) is 0 Å². The lowest BCUT2D eigenvalue weighted by Gasteiger charge is -2.04. The fourth-order valence-electron chi connectivity index (χ4n) is 0.915. The topological polar surface area (TPSA) is 48.4 Å². The zero-order chi connectivity index (χ0) is 12.3. The van der Waals surface area contributed by atoms with E-state index in [1.54, 1.807) is 27.8 Å². The van der Waals surface area contributed by atoms with Crippen molar-refractivity contribution in [2.75, 3.05) is 25.6 Å². The molecule has 0 atom stereocenters. The average Bonchev–Trinajstić information content (AvgIpc) is 2.37. The predicted octanol–water partition coefficient (Wildman–Crippen LogP) is 2.40. The average molecular weight is 273 g/mol. The van der Waals surface area contributed by atoms with E-state index in [-0.39, 0.29) is 12.6 Å². The van der Waals surface area contributed by atoms with Gasteiger partial charge in [-0.25, -0.2) is 9.78 Å². The molecule has 94 valence electrons. The highest BCUT2D eigenvalue weighted by Gasteiger charge is 2.02. The molecule has 1 rings (SSSR count). The number of aromatic nitrogens is 1. The SMILES string of the molecule is CCOCC(=O)OCCSSc1ccccn1. The highest BCUT2D eigenvalue weighted by Crippen LogP contribution is 2.28. The van der Waals surface area contributed by atoms with E-state index < -0.39 is 0 Å². The van der Waals surface area contributed by atoms with E-state index in [1.807, 2.05) is 25.1 Å². The third-order valence-corrected chi connectivity index (χ3v) is 3.87. The number of carbonyl (C=O) groups is 1. The van der Waals surface area contributed by atoms with Crippen molar-refractivity contribution in [2.45, 2.75) is 11.9 Å². The van der Waals surface area contributed by atoms with E-state index in [4.69, 9.17) is 9.47 Å². The number of esters is 1. The number of carbonyl (C=O) groups excluding carboxylic acids is 1. The summed E-state index contributed by atoms with van der Waals surface area (Å²) < 4.78 is 9.89. The van der Waals surface area contributed by atoms with Gasteiger partial charge in [0.2, 0.25) is 0 Å². The van der Waals surface area contributed by atoms with Gasteiger partial charge in [-0.15, -0.1) is 0 Å². The molecule has 6 heteroatoms. The second-order valence-corrected chi connectivity index (χ2v) is 5.37. The zero-order valence-corrected chi connectivity index (χ0v) is 11.3. The minimum absolute atomic E-state index is 0.0363. The second-order valence-electron chi connectivity index (χ2n) is 2.93. The molecular formula is C11H15NO3S2. The first kappa shape index (κ1) is 14.3. The molecule has 0 aliphatic heterocycles. The van der Waals surface area contributed by atoms with Gasteiger partial charge in [0.25, 0.3) is 0 Å². The van der Waals surface area contributed by atoms with Crippen molar-refractivity contribution >= 4 is 27.6 Å². The molecule has 1 heterocycles. The Labute approximate surface area is 109 Å². The Kier molecular flexibility index (Phi) is 7.87. The molecule has 0 saturated carbocycles. The summed E-state index contributed by atoms with van der Waals surface area (Å²) in [6.45, 7) is 2.80. The maximum Gasteiger partial charge on any atom is 0.332 e. The smallest absolute Gasteiger partial charge is 0.332 e. The van der Waals surface area contributed by atoms with Gasteiger partial charge in [-0.2, -0.15) is 0 Å². The van der Waals surface area contributed by atoms with Crippen molar-refractivity contribution in [3.8, 4) is 0 Å². The summed E-state index contributed by atoms with van der Waals surface area (Å²) in [5.41, 5.74) is 0. The van der Waals surface area contributed by atoms with Crippen LogP contribution in [-0.2, 0) is 14.3 Å². The third-order valence-electron chi connectivity index (χ3n) is 1.64. The van der Waals surface area contributed by atoms with E-state index in [9.17, 15) is 4.79 Å². The van der Waals surface area contributed by atoms with Gasteiger partial charge in [-0.3, -0.25) is 0 Å². The molecule has 0 spiro atoms. The number of rotatable bonds is 8. The highest BCUT2D eigenvalue weighted by molar-refractivity contribution is 8.76. The summed E-state index contributed by atoms with van der Waals surface area (Å²) in [4.78, 5) is 15.2. The second kappa shape index (κ2) is 9.32. The molecule has 17 heavy (non-hydrogen) atoms. The summed E-state index contributed by atoms with van der Waals surface area (Å²) in [5, 5.41) is 0.957. The van der Waals surface area contributed by atoms with Gasteiger partial charge in [0.05, 0.1) is 0 Å². The Hall–Kier alpha value is -0.720. The van der Waals surface area contributed by atoms with Crippen LogP contribution in [0.4, 0.5) is 0 Å². The molecule has 1 aromatic heterocycles. The van der Waals surface area contributed by atoms with Gasteiger partial charge in [0.1, 0.15) is 18.2 Å². The Balaban J connectivity index is 1.99. The first-order valence-electron chi connectivity index (χ1n) is 5.26. The molecule has 0 aliphatic rings. The third kappa shape index (κ3) is 7.25. The normalized spacial score (nSPS) is 10.2. The molecule has 1 aromatic rings. The van der Waals surface area contributed by atoms with Gasteiger partial charge in [-0.1, -0.05) is 16.9 Å². The van der Waals surface area contributed by atoms with E-state index in [0.717, 1.165) is 10.8 Å². The molecule has 0 N–H and O–H groups in total. The van der Waals surface area contributed by atoms with Crippen LogP contribution in [0, 0.1) is 0 Å². The summed E-state index contributed by atoms with van der Waals surface area (Å²) in [7, 11) is 3.18. The van der Waals surface area contributed by atoms with Gasteiger partial charge < -0.3 is 9.47 Å². The van der Waals surface area contributed by atoms with Crippen molar-refractivity contribution < 1.29 is 14.3 Å². The monoisotopic (exact) mass is 273 g/mol. The lowest BCUT2D eigenvalue weighted by Crippen LogP contribution is -2.13. The van der Waals surface area contributed by atoms with Crippen molar-refractivity contribution in [2.24, 2.45) is 0 Å². The summed E-state index contributed by atoms with van der Waals surface area (Å²) in [5.74, 6) is 0.425. The van der Waals surface area contributed by atoms with Crippen LogP contribution in [0.1, 0.15) is 6.92 Å². The lowest BCUT2D eigenvalue weighted by molar-refractivity contribution is -0.148. The van der Waals surface area contributed by atoms with Crippen molar-refractivity contribution in [3.63, 3.8) is 0 Å². The largest absolute Gasteiger partial charge is 0.463 e. The number of pyridine rings is 1. The van der Waals surface area contributed by atoms with Crippen LogP contribution in [0.2, 0.25) is 0 Å². The minimum Gasteiger partial charge on any atom is -0.463 e.